The Morgan fingerprint density at radius 3 is 2.27 bits per heavy atom. The maximum absolute atomic E-state index is 11.6. The van der Waals surface area contributed by atoms with Crippen molar-refractivity contribution >= 4 is 9.84 Å². The van der Waals surface area contributed by atoms with Crippen LogP contribution in [0.25, 0.3) is 0 Å². The zero-order chi connectivity index (χ0) is 11.1. The molecule has 2 fully saturated rings. The fourth-order valence-electron chi connectivity index (χ4n) is 3.46. The molecule has 88 valence electrons. The SMILES string of the molecule is CS(=O)(=O)C1CCCC1(O)C1CCCC1. The van der Waals surface area contributed by atoms with Crippen molar-refractivity contribution < 1.29 is 13.5 Å². The predicted molar refractivity (Wildman–Crippen MR) is 59.4 cm³/mol. The number of aliphatic hydroxyl groups is 1. The Morgan fingerprint density at radius 2 is 1.73 bits per heavy atom. The van der Waals surface area contributed by atoms with Crippen molar-refractivity contribution in [3.63, 3.8) is 0 Å². The van der Waals surface area contributed by atoms with Crippen LogP contribution in [0, 0.1) is 5.92 Å². The molecule has 0 aromatic heterocycles. The molecule has 0 amide bonds. The standard InChI is InChI=1S/C11H20O3S/c1-15(13,14)10-7-4-8-11(10,12)9-5-2-3-6-9/h9-10,12H,2-8H2,1H3. The van der Waals surface area contributed by atoms with Gasteiger partial charge in [0.1, 0.15) is 0 Å². The lowest BCUT2D eigenvalue weighted by atomic mass is 9.84. The van der Waals surface area contributed by atoms with Crippen LogP contribution in [-0.4, -0.2) is 30.6 Å². The topological polar surface area (TPSA) is 54.4 Å². The summed E-state index contributed by atoms with van der Waals surface area (Å²) in [5.74, 6) is 0.222. The minimum absolute atomic E-state index is 0.222. The maximum Gasteiger partial charge on any atom is 0.153 e. The fraction of sp³-hybridized carbons (Fsp3) is 1.00. The average molecular weight is 232 g/mol. The van der Waals surface area contributed by atoms with Crippen LogP contribution in [0.2, 0.25) is 0 Å². The van der Waals surface area contributed by atoms with E-state index in [-0.39, 0.29) is 5.92 Å². The normalized spacial score (nSPS) is 38.7. The summed E-state index contributed by atoms with van der Waals surface area (Å²) in [5.41, 5.74) is -0.913. The second-order valence-corrected chi connectivity index (χ2v) is 7.41. The van der Waals surface area contributed by atoms with Gasteiger partial charge in [-0.15, -0.1) is 0 Å². The Balaban J connectivity index is 2.25. The van der Waals surface area contributed by atoms with E-state index in [0.29, 0.717) is 12.8 Å². The average Bonchev–Trinajstić information content (AvgIpc) is 2.69. The fourth-order valence-corrected chi connectivity index (χ4v) is 5.11. The minimum atomic E-state index is -3.10. The quantitative estimate of drug-likeness (QED) is 0.785. The van der Waals surface area contributed by atoms with Crippen molar-refractivity contribution in [1.29, 1.82) is 0 Å². The smallest absolute Gasteiger partial charge is 0.153 e. The van der Waals surface area contributed by atoms with Crippen LogP contribution in [0.5, 0.6) is 0 Å². The molecule has 2 aliphatic carbocycles. The van der Waals surface area contributed by atoms with Crippen LogP contribution < -0.4 is 0 Å². The lowest BCUT2D eigenvalue weighted by molar-refractivity contribution is -0.00653. The highest BCUT2D eigenvalue weighted by molar-refractivity contribution is 7.91. The van der Waals surface area contributed by atoms with Gasteiger partial charge in [0, 0.05) is 6.26 Å². The molecule has 0 heterocycles. The summed E-state index contributed by atoms with van der Waals surface area (Å²) in [7, 11) is -3.10. The van der Waals surface area contributed by atoms with E-state index < -0.39 is 20.7 Å². The molecule has 2 atom stereocenters. The van der Waals surface area contributed by atoms with E-state index in [0.717, 1.165) is 32.1 Å². The number of sulfone groups is 1. The van der Waals surface area contributed by atoms with Crippen LogP contribution in [0.15, 0.2) is 0 Å². The lowest BCUT2D eigenvalue weighted by Gasteiger charge is -2.34. The highest BCUT2D eigenvalue weighted by atomic mass is 32.2. The lowest BCUT2D eigenvalue weighted by Crippen LogP contribution is -2.47. The van der Waals surface area contributed by atoms with E-state index in [1.165, 1.54) is 6.26 Å². The summed E-state index contributed by atoms with van der Waals surface area (Å²) in [6.45, 7) is 0. The predicted octanol–water partition coefficient (Wildman–Crippen LogP) is 1.50. The van der Waals surface area contributed by atoms with Gasteiger partial charge >= 0.3 is 0 Å². The van der Waals surface area contributed by atoms with Gasteiger partial charge in [-0.05, 0) is 38.0 Å². The molecule has 0 aliphatic heterocycles. The summed E-state index contributed by atoms with van der Waals surface area (Å²) in [6.07, 6.45) is 7.73. The summed E-state index contributed by atoms with van der Waals surface area (Å²) < 4.78 is 23.3. The third-order valence-corrected chi connectivity index (χ3v) is 5.86. The second-order valence-electron chi connectivity index (χ2n) is 5.18. The first-order valence-corrected chi connectivity index (χ1v) is 7.81. The van der Waals surface area contributed by atoms with Crippen LogP contribution in [0.1, 0.15) is 44.9 Å². The van der Waals surface area contributed by atoms with Gasteiger partial charge in [-0.2, -0.15) is 0 Å². The molecule has 0 aromatic rings. The molecule has 2 rings (SSSR count). The van der Waals surface area contributed by atoms with Crippen molar-refractivity contribution in [2.75, 3.05) is 6.26 Å². The summed E-state index contributed by atoms with van der Waals surface area (Å²) in [6, 6.07) is 0. The second kappa shape index (κ2) is 3.74. The van der Waals surface area contributed by atoms with Gasteiger partial charge in [0.2, 0.25) is 0 Å². The summed E-state index contributed by atoms with van der Waals surface area (Å²) >= 11 is 0. The Hall–Kier alpha value is -0.0900. The van der Waals surface area contributed by atoms with Crippen LogP contribution in [-0.2, 0) is 9.84 Å². The minimum Gasteiger partial charge on any atom is -0.388 e. The molecule has 3 nitrogen and oxygen atoms in total. The van der Waals surface area contributed by atoms with Gasteiger partial charge < -0.3 is 5.11 Å². The van der Waals surface area contributed by atoms with Crippen molar-refractivity contribution in [3.8, 4) is 0 Å². The highest BCUT2D eigenvalue weighted by Gasteiger charge is 2.51. The third-order valence-electron chi connectivity index (χ3n) is 4.18. The molecule has 2 unspecified atom stereocenters. The third kappa shape index (κ3) is 1.94. The summed E-state index contributed by atoms with van der Waals surface area (Å²) in [4.78, 5) is 0. The molecule has 2 saturated carbocycles. The van der Waals surface area contributed by atoms with Crippen molar-refractivity contribution in [1.82, 2.24) is 0 Å². The van der Waals surface area contributed by atoms with Gasteiger partial charge in [0.15, 0.2) is 9.84 Å². The Labute approximate surface area is 91.8 Å². The van der Waals surface area contributed by atoms with Gasteiger partial charge in [0.25, 0.3) is 0 Å². The molecule has 0 spiro atoms. The molecule has 0 saturated heterocycles. The van der Waals surface area contributed by atoms with Gasteiger partial charge in [-0.25, -0.2) is 8.42 Å². The first-order valence-electron chi connectivity index (χ1n) is 5.86. The number of rotatable bonds is 2. The van der Waals surface area contributed by atoms with Gasteiger partial charge in [-0.3, -0.25) is 0 Å². The monoisotopic (exact) mass is 232 g/mol. The first-order chi connectivity index (χ1) is 6.94. The number of hydrogen-bond donors (Lipinski definition) is 1. The Morgan fingerprint density at radius 1 is 1.13 bits per heavy atom. The van der Waals surface area contributed by atoms with E-state index in [1.807, 2.05) is 0 Å². The molecule has 2 aliphatic rings. The van der Waals surface area contributed by atoms with E-state index >= 15 is 0 Å². The van der Waals surface area contributed by atoms with Crippen LogP contribution >= 0.6 is 0 Å². The zero-order valence-electron chi connectivity index (χ0n) is 9.28. The first kappa shape index (κ1) is 11.4. The van der Waals surface area contributed by atoms with Crippen molar-refractivity contribution in [2.24, 2.45) is 5.92 Å². The van der Waals surface area contributed by atoms with Gasteiger partial charge in [-0.1, -0.05) is 12.8 Å². The van der Waals surface area contributed by atoms with Crippen molar-refractivity contribution in [2.45, 2.75) is 55.8 Å². The molecular weight excluding hydrogens is 212 g/mol. The molecule has 4 heteroatoms. The van der Waals surface area contributed by atoms with E-state index in [4.69, 9.17) is 0 Å². The van der Waals surface area contributed by atoms with E-state index in [2.05, 4.69) is 0 Å². The molecule has 0 radical (unpaired) electrons. The largest absolute Gasteiger partial charge is 0.388 e. The zero-order valence-corrected chi connectivity index (χ0v) is 10.1. The van der Waals surface area contributed by atoms with Crippen molar-refractivity contribution in [3.05, 3.63) is 0 Å². The molecule has 0 aromatic carbocycles. The van der Waals surface area contributed by atoms with Crippen LogP contribution in [0.4, 0.5) is 0 Å². The van der Waals surface area contributed by atoms with E-state index in [9.17, 15) is 13.5 Å². The Kier molecular flexibility index (Phi) is 2.84. The maximum atomic E-state index is 11.6. The van der Waals surface area contributed by atoms with Gasteiger partial charge in [0.05, 0.1) is 10.9 Å². The van der Waals surface area contributed by atoms with E-state index in [1.54, 1.807) is 0 Å². The summed E-state index contributed by atoms with van der Waals surface area (Å²) in [5, 5.41) is 10.1. The molecule has 15 heavy (non-hydrogen) atoms. The number of hydrogen-bond acceptors (Lipinski definition) is 3. The molecular formula is C11H20O3S. The highest BCUT2D eigenvalue weighted by Crippen LogP contribution is 2.46. The molecule has 1 N–H and O–H groups in total. The molecule has 0 bridgehead atoms. The Bertz CT molecular complexity index is 330. The van der Waals surface area contributed by atoms with Crippen LogP contribution in [0.3, 0.4) is 0 Å².